The van der Waals surface area contributed by atoms with Gasteiger partial charge in [-0.15, -0.1) is 0 Å². The zero-order valence-corrected chi connectivity index (χ0v) is 17.6. The van der Waals surface area contributed by atoms with Crippen molar-refractivity contribution in [2.45, 2.75) is 18.7 Å². The van der Waals surface area contributed by atoms with E-state index in [0.29, 0.717) is 43.4 Å². The molecule has 1 aliphatic heterocycles. The topological polar surface area (TPSA) is 49.9 Å². The maximum absolute atomic E-state index is 13.1. The average Bonchev–Trinajstić information content (AvgIpc) is 2.65. The second-order valence-electron chi connectivity index (χ2n) is 6.32. The molecule has 0 aromatic heterocycles. The number of anilines is 1. The van der Waals surface area contributed by atoms with E-state index in [1.807, 2.05) is 31.2 Å². The molecule has 1 fully saturated rings. The average molecular weight is 429 g/mol. The van der Waals surface area contributed by atoms with Gasteiger partial charge >= 0.3 is 0 Å². The third kappa shape index (κ3) is 4.19. The summed E-state index contributed by atoms with van der Waals surface area (Å²) in [5.74, 6) is 0.816. The summed E-state index contributed by atoms with van der Waals surface area (Å²) in [4.78, 5) is 2.36. The number of hydrogen-bond donors (Lipinski definition) is 0. The van der Waals surface area contributed by atoms with Crippen LogP contribution in [0.1, 0.15) is 12.5 Å². The number of para-hydroxylation sites is 2. The number of ether oxygens (including phenoxy) is 1. The van der Waals surface area contributed by atoms with Gasteiger partial charge in [0.15, 0.2) is 0 Å². The van der Waals surface area contributed by atoms with E-state index in [1.165, 1.54) is 10.4 Å². The van der Waals surface area contributed by atoms with Gasteiger partial charge in [0.05, 0.1) is 27.2 Å². The fraction of sp³-hybridized carbons (Fsp3) is 0.368. The lowest BCUT2D eigenvalue weighted by Gasteiger charge is -2.36. The Labute approximate surface area is 170 Å². The number of piperazine rings is 1. The number of halogens is 2. The summed E-state index contributed by atoms with van der Waals surface area (Å²) < 4.78 is 33.3. The van der Waals surface area contributed by atoms with E-state index < -0.39 is 10.0 Å². The molecule has 0 aliphatic carbocycles. The quantitative estimate of drug-likeness (QED) is 0.715. The lowest BCUT2D eigenvalue weighted by atomic mass is 10.2. The van der Waals surface area contributed by atoms with Crippen molar-refractivity contribution in [2.75, 3.05) is 37.7 Å². The molecule has 2 aromatic carbocycles. The summed E-state index contributed by atoms with van der Waals surface area (Å²) in [5.41, 5.74) is 1.58. The minimum absolute atomic E-state index is 0.208. The van der Waals surface area contributed by atoms with Crippen molar-refractivity contribution in [2.24, 2.45) is 0 Å². The number of hydrogen-bond acceptors (Lipinski definition) is 4. The number of aryl methyl sites for hydroxylation is 1. The lowest BCUT2D eigenvalue weighted by molar-refractivity contribution is 0.337. The van der Waals surface area contributed by atoms with Gasteiger partial charge in [-0.2, -0.15) is 4.31 Å². The maximum Gasteiger partial charge on any atom is 0.243 e. The van der Waals surface area contributed by atoms with E-state index in [1.54, 1.807) is 13.0 Å². The molecule has 1 saturated heterocycles. The predicted octanol–water partition coefficient (Wildman–Crippen LogP) is 4.21. The van der Waals surface area contributed by atoms with Gasteiger partial charge in [0.2, 0.25) is 10.0 Å². The van der Waals surface area contributed by atoms with Crippen LogP contribution < -0.4 is 9.64 Å². The Bertz CT molecular complexity index is 927. The van der Waals surface area contributed by atoms with Crippen molar-refractivity contribution >= 4 is 38.9 Å². The Kier molecular flexibility index (Phi) is 6.21. The first-order valence-electron chi connectivity index (χ1n) is 8.77. The molecule has 0 saturated carbocycles. The van der Waals surface area contributed by atoms with Crippen molar-refractivity contribution in [3.63, 3.8) is 0 Å². The molecule has 1 heterocycles. The third-order valence-electron chi connectivity index (χ3n) is 4.58. The van der Waals surface area contributed by atoms with Gasteiger partial charge in [0.1, 0.15) is 5.75 Å². The molecule has 1 aliphatic rings. The zero-order chi connectivity index (χ0) is 19.6. The van der Waals surface area contributed by atoms with Crippen molar-refractivity contribution in [3.8, 4) is 5.75 Å². The van der Waals surface area contributed by atoms with Gasteiger partial charge in [-0.3, -0.25) is 0 Å². The summed E-state index contributed by atoms with van der Waals surface area (Å²) >= 11 is 12.0. The Hall–Kier alpha value is -1.47. The lowest BCUT2D eigenvalue weighted by Crippen LogP contribution is -2.48. The highest BCUT2D eigenvalue weighted by Crippen LogP contribution is 2.32. The van der Waals surface area contributed by atoms with Gasteiger partial charge in [-0.25, -0.2) is 8.42 Å². The largest absolute Gasteiger partial charge is 0.492 e. The standard InChI is InChI=1S/C19H22Cl2N2O3S/c1-3-26-18-7-5-4-6-17(18)22-8-10-23(11-9-22)27(24,25)19-13-16(21)15(20)12-14(19)2/h4-7,12-13H,3,8-11H2,1-2H3. The van der Waals surface area contributed by atoms with Crippen LogP contribution in [0.4, 0.5) is 5.69 Å². The summed E-state index contributed by atoms with van der Waals surface area (Å²) in [6.07, 6.45) is 0. The van der Waals surface area contributed by atoms with Crippen LogP contribution in [-0.2, 0) is 10.0 Å². The Morgan fingerprint density at radius 3 is 2.33 bits per heavy atom. The van der Waals surface area contributed by atoms with Crippen molar-refractivity contribution in [1.82, 2.24) is 4.31 Å². The summed E-state index contributed by atoms with van der Waals surface area (Å²) in [7, 11) is -3.63. The molecule has 0 spiro atoms. The first-order valence-corrected chi connectivity index (χ1v) is 11.0. The van der Waals surface area contributed by atoms with Gasteiger partial charge in [0.25, 0.3) is 0 Å². The fourth-order valence-corrected chi connectivity index (χ4v) is 5.31. The number of sulfonamides is 1. The molecule has 0 atom stereocenters. The highest BCUT2D eigenvalue weighted by molar-refractivity contribution is 7.89. The van der Waals surface area contributed by atoms with Gasteiger partial charge in [-0.1, -0.05) is 35.3 Å². The van der Waals surface area contributed by atoms with E-state index in [-0.39, 0.29) is 9.92 Å². The van der Waals surface area contributed by atoms with Crippen molar-refractivity contribution < 1.29 is 13.2 Å². The van der Waals surface area contributed by atoms with Crippen LogP contribution >= 0.6 is 23.2 Å². The van der Waals surface area contributed by atoms with Crippen LogP contribution in [0, 0.1) is 6.92 Å². The highest BCUT2D eigenvalue weighted by atomic mass is 35.5. The summed E-state index contributed by atoms with van der Waals surface area (Å²) in [6, 6.07) is 10.8. The SMILES string of the molecule is CCOc1ccccc1N1CCN(S(=O)(=O)c2cc(Cl)c(Cl)cc2C)CC1. The predicted molar refractivity (Wildman–Crippen MR) is 110 cm³/mol. The van der Waals surface area contributed by atoms with E-state index in [0.717, 1.165) is 11.4 Å². The van der Waals surface area contributed by atoms with Crippen LogP contribution in [0.25, 0.3) is 0 Å². The molecule has 0 radical (unpaired) electrons. The molecule has 3 rings (SSSR count). The van der Waals surface area contributed by atoms with E-state index in [9.17, 15) is 8.42 Å². The second kappa shape index (κ2) is 8.27. The van der Waals surface area contributed by atoms with E-state index in [2.05, 4.69) is 4.90 Å². The Balaban J connectivity index is 1.79. The first kappa shape index (κ1) is 20.3. The van der Waals surface area contributed by atoms with Gasteiger partial charge < -0.3 is 9.64 Å². The highest BCUT2D eigenvalue weighted by Gasteiger charge is 2.30. The summed E-state index contributed by atoms with van der Waals surface area (Å²) in [6.45, 7) is 6.21. The molecule has 2 aromatic rings. The van der Waals surface area contributed by atoms with E-state index >= 15 is 0 Å². The molecule has 0 amide bonds. The minimum Gasteiger partial charge on any atom is -0.492 e. The van der Waals surface area contributed by atoms with Gasteiger partial charge in [-0.05, 0) is 43.7 Å². The van der Waals surface area contributed by atoms with Crippen molar-refractivity contribution in [3.05, 3.63) is 52.0 Å². The smallest absolute Gasteiger partial charge is 0.243 e. The molecule has 146 valence electrons. The van der Waals surface area contributed by atoms with Crippen LogP contribution in [0.5, 0.6) is 5.75 Å². The van der Waals surface area contributed by atoms with Gasteiger partial charge in [0, 0.05) is 26.2 Å². The number of nitrogens with zero attached hydrogens (tertiary/aromatic N) is 2. The van der Waals surface area contributed by atoms with E-state index in [4.69, 9.17) is 27.9 Å². The van der Waals surface area contributed by atoms with Crippen molar-refractivity contribution in [1.29, 1.82) is 0 Å². The second-order valence-corrected chi connectivity index (χ2v) is 9.04. The molecular formula is C19H22Cl2N2O3S. The third-order valence-corrected chi connectivity index (χ3v) is 7.34. The molecule has 8 heteroatoms. The molecule has 27 heavy (non-hydrogen) atoms. The minimum atomic E-state index is -3.63. The Morgan fingerprint density at radius 2 is 1.67 bits per heavy atom. The molecule has 0 unspecified atom stereocenters. The number of benzene rings is 2. The normalized spacial score (nSPS) is 15.8. The number of rotatable bonds is 5. The maximum atomic E-state index is 13.1. The van der Waals surface area contributed by atoms with Crippen LogP contribution in [0.15, 0.2) is 41.3 Å². The molecule has 0 bridgehead atoms. The zero-order valence-electron chi connectivity index (χ0n) is 15.3. The fourth-order valence-electron chi connectivity index (χ4n) is 3.21. The molecule has 0 N–H and O–H groups in total. The van der Waals surface area contributed by atoms with Crippen LogP contribution in [0.2, 0.25) is 10.0 Å². The summed E-state index contributed by atoms with van der Waals surface area (Å²) in [5, 5.41) is 0.593. The first-order chi connectivity index (χ1) is 12.8. The molecular weight excluding hydrogens is 407 g/mol. The Morgan fingerprint density at radius 1 is 1.04 bits per heavy atom. The van der Waals surface area contributed by atoms with Crippen LogP contribution in [-0.4, -0.2) is 45.5 Å². The molecule has 5 nitrogen and oxygen atoms in total. The van der Waals surface area contributed by atoms with Crippen LogP contribution in [0.3, 0.4) is 0 Å². The monoisotopic (exact) mass is 428 g/mol.